The number of hydrogen-bond donors (Lipinski definition) is 2. The SMILES string of the molecule is Cc1ccnn1-c1cccc(NC(=O)NCCN2CCOCC2)c1. The molecule has 3 rings (SSSR count). The van der Waals surface area contributed by atoms with Crippen molar-refractivity contribution in [2.45, 2.75) is 6.92 Å². The maximum Gasteiger partial charge on any atom is 0.319 e. The zero-order valence-electron chi connectivity index (χ0n) is 13.9. The van der Waals surface area contributed by atoms with Gasteiger partial charge in [0.25, 0.3) is 0 Å². The largest absolute Gasteiger partial charge is 0.379 e. The summed E-state index contributed by atoms with van der Waals surface area (Å²) >= 11 is 0. The van der Waals surface area contributed by atoms with Crippen molar-refractivity contribution in [3.8, 4) is 5.69 Å². The number of morpholine rings is 1. The predicted molar refractivity (Wildman–Crippen MR) is 92.6 cm³/mol. The van der Waals surface area contributed by atoms with Gasteiger partial charge in [-0.15, -0.1) is 0 Å². The summed E-state index contributed by atoms with van der Waals surface area (Å²) in [6, 6.07) is 9.38. The molecule has 1 aliphatic rings. The highest BCUT2D eigenvalue weighted by atomic mass is 16.5. The van der Waals surface area contributed by atoms with E-state index in [-0.39, 0.29) is 6.03 Å². The van der Waals surface area contributed by atoms with Crippen LogP contribution < -0.4 is 10.6 Å². The first-order chi connectivity index (χ1) is 11.7. The summed E-state index contributed by atoms with van der Waals surface area (Å²) in [6.07, 6.45) is 1.76. The van der Waals surface area contributed by atoms with Crippen molar-refractivity contribution < 1.29 is 9.53 Å². The molecule has 2 amide bonds. The quantitative estimate of drug-likeness (QED) is 0.875. The topological polar surface area (TPSA) is 71.4 Å². The molecule has 1 saturated heterocycles. The molecule has 128 valence electrons. The summed E-state index contributed by atoms with van der Waals surface area (Å²) in [5, 5.41) is 10.0. The van der Waals surface area contributed by atoms with Gasteiger partial charge in [-0.2, -0.15) is 5.10 Å². The number of nitrogens with zero attached hydrogens (tertiary/aromatic N) is 3. The summed E-state index contributed by atoms with van der Waals surface area (Å²) in [5.41, 5.74) is 2.71. The minimum absolute atomic E-state index is 0.197. The Hall–Kier alpha value is -2.38. The summed E-state index contributed by atoms with van der Waals surface area (Å²) in [5.74, 6) is 0. The number of urea groups is 1. The molecule has 2 N–H and O–H groups in total. The number of benzene rings is 1. The first-order valence-corrected chi connectivity index (χ1v) is 8.18. The Morgan fingerprint density at radius 2 is 2.12 bits per heavy atom. The lowest BCUT2D eigenvalue weighted by atomic mass is 10.2. The maximum atomic E-state index is 12.0. The van der Waals surface area contributed by atoms with E-state index in [0.29, 0.717) is 6.54 Å². The number of aromatic nitrogens is 2. The molecule has 0 saturated carbocycles. The Balaban J connectivity index is 1.50. The second-order valence-electron chi connectivity index (χ2n) is 5.77. The fraction of sp³-hybridized carbons (Fsp3) is 0.412. The molecule has 0 unspecified atom stereocenters. The van der Waals surface area contributed by atoms with E-state index in [1.807, 2.05) is 41.9 Å². The minimum Gasteiger partial charge on any atom is -0.379 e. The normalized spacial score (nSPS) is 15.2. The average Bonchev–Trinajstić information content (AvgIpc) is 3.02. The van der Waals surface area contributed by atoms with Crippen LogP contribution in [-0.2, 0) is 4.74 Å². The number of rotatable bonds is 5. The summed E-state index contributed by atoms with van der Waals surface area (Å²) in [7, 11) is 0. The molecule has 1 aromatic carbocycles. The van der Waals surface area contributed by atoms with Crippen LogP contribution in [0.1, 0.15) is 5.69 Å². The molecule has 7 heteroatoms. The Bertz CT molecular complexity index is 679. The Kier molecular flexibility index (Phi) is 5.45. The van der Waals surface area contributed by atoms with E-state index in [9.17, 15) is 4.79 Å². The molecule has 0 radical (unpaired) electrons. The minimum atomic E-state index is -0.197. The molecule has 2 heterocycles. The van der Waals surface area contributed by atoms with Gasteiger partial charge in [-0.3, -0.25) is 4.90 Å². The number of hydrogen-bond acceptors (Lipinski definition) is 4. The van der Waals surface area contributed by atoms with E-state index in [0.717, 1.165) is 49.9 Å². The third-order valence-electron chi connectivity index (χ3n) is 4.00. The highest BCUT2D eigenvalue weighted by Crippen LogP contribution is 2.15. The van der Waals surface area contributed by atoms with Crippen LogP contribution in [-0.4, -0.2) is 60.1 Å². The van der Waals surface area contributed by atoms with Crippen LogP contribution in [0.2, 0.25) is 0 Å². The Labute approximate surface area is 141 Å². The lowest BCUT2D eigenvalue weighted by Gasteiger charge is -2.26. The Morgan fingerprint density at radius 1 is 1.29 bits per heavy atom. The van der Waals surface area contributed by atoms with Gasteiger partial charge in [0.1, 0.15) is 0 Å². The highest BCUT2D eigenvalue weighted by Gasteiger charge is 2.10. The van der Waals surface area contributed by atoms with Gasteiger partial charge in [-0.05, 0) is 31.2 Å². The fourth-order valence-corrected chi connectivity index (χ4v) is 2.68. The molecule has 24 heavy (non-hydrogen) atoms. The van der Waals surface area contributed by atoms with Crippen LogP contribution in [0.3, 0.4) is 0 Å². The maximum absolute atomic E-state index is 12.0. The van der Waals surface area contributed by atoms with Gasteiger partial charge in [0, 0.05) is 43.8 Å². The van der Waals surface area contributed by atoms with Gasteiger partial charge in [-0.25, -0.2) is 9.48 Å². The molecule has 1 aliphatic heterocycles. The van der Waals surface area contributed by atoms with Gasteiger partial charge in [0.05, 0.1) is 18.9 Å². The smallest absolute Gasteiger partial charge is 0.319 e. The third-order valence-corrected chi connectivity index (χ3v) is 4.00. The van der Waals surface area contributed by atoms with Gasteiger partial charge in [-0.1, -0.05) is 6.07 Å². The van der Waals surface area contributed by atoms with Crippen LogP contribution >= 0.6 is 0 Å². The van der Waals surface area contributed by atoms with E-state index in [4.69, 9.17) is 4.74 Å². The lowest BCUT2D eigenvalue weighted by molar-refractivity contribution is 0.0388. The van der Waals surface area contributed by atoms with E-state index in [1.165, 1.54) is 0 Å². The summed E-state index contributed by atoms with van der Waals surface area (Å²) in [6.45, 7) is 6.83. The fourth-order valence-electron chi connectivity index (χ4n) is 2.68. The highest BCUT2D eigenvalue weighted by molar-refractivity contribution is 5.89. The van der Waals surface area contributed by atoms with Crippen LogP contribution in [0, 0.1) is 6.92 Å². The van der Waals surface area contributed by atoms with Crippen molar-refractivity contribution in [2.24, 2.45) is 0 Å². The first-order valence-electron chi connectivity index (χ1n) is 8.18. The molecule has 0 bridgehead atoms. The van der Waals surface area contributed by atoms with Crippen LogP contribution in [0.25, 0.3) is 5.69 Å². The number of carbonyl (C=O) groups excluding carboxylic acids is 1. The van der Waals surface area contributed by atoms with Crippen LogP contribution in [0.5, 0.6) is 0 Å². The lowest BCUT2D eigenvalue weighted by Crippen LogP contribution is -2.42. The number of carbonyl (C=O) groups is 1. The molecule has 0 atom stereocenters. The third kappa shape index (κ3) is 4.33. The number of anilines is 1. The zero-order chi connectivity index (χ0) is 16.8. The van der Waals surface area contributed by atoms with E-state index >= 15 is 0 Å². The molecule has 7 nitrogen and oxygen atoms in total. The zero-order valence-corrected chi connectivity index (χ0v) is 13.9. The van der Waals surface area contributed by atoms with E-state index in [1.54, 1.807) is 6.20 Å². The molecule has 2 aromatic rings. The molecular weight excluding hydrogens is 306 g/mol. The first kappa shape index (κ1) is 16.5. The predicted octanol–water partition coefficient (Wildman–Crippen LogP) is 1.63. The van der Waals surface area contributed by atoms with Crippen molar-refractivity contribution in [2.75, 3.05) is 44.7 Å². The summed E-state index contributed by atoms with van der Waals surface area (Å²) < 4.78 is 7.14. The molecule has 1 fully saturated rings. The molecule has 0 aliphatic carbocycles. The van der Waals surface area contributed by atoms with Crippen molar-refractivity contribution in [1.82, 2.24) is 20.0 Å². The molecule has 0 spiro atoms. The second-order valence-corrected chi connectivity index (χ2v) is 5.77. The van der Waals surface area contributed by atoms with Crippen LogP contribution in [0.4, 0.5) is 10.5 Å². The van der Waals surface area contributed by atoms with Crippen LogP contribution in [0.15, 0.2) is 36.5 Å². The molecular formula is C17H23N5O2. The van der Waals surface area contributed by atoms with Gasteiger partial charge in [0.2, 0.25) is 0 Å². The number of aryl methyl sites for hydroxylation is 1. The molecule has 1 aromatic heterocycles. The number of ether oxygens (including phenoxy) is 1. The average molecular weight is 329 g/mol. The van der Waals surface area contributed by atoms with Crippen molar-refractivity contribution in [3.05, 3.63) is 42.2 Å². The van der Waals surface area contributed by atoms with Crippen molar-refractivity contribution in [3.63, 3.8) is 0 Å². The van der Waals surface area contributed by atoms with Crippen molar-refractivity contribution >= 4 is 11.7 Å². The number of nitrogens with one attached hydrogen (secondary N) is 2. The second kappa shape index (κ2) is 7.94. The van der Waals surface area contributed by atoms with E-state index in [2.05, 4.69) is 20.6 Å². The van der Waals surface area contributed by atoms with Gasteiger partial charge in [0.15, 0.2) is 0 Å². The van der Waals surface area contributed by atoms with Gasteiger partial charge >= 0.3 is 6.03 Å². The van der Waals surface area contributed by atoms with Gasteiger partial charge < -0.3 is 15.4 Å². The summed E-state index contributed by atoms with van der Waals surface area (Å²) in [4.78, 5) is 14.3. The number of amides is 2. The monoisotopic (exact) mass is 329 g/mol. The Morgan fingerprint density at radius 3 is 2.88 bits per heavy atom. The van der Waals surface area contributed by atoms with E-state index < -0.39 is 0 Å². The standard InChI is InChI=1S/C17H23N5O2/c1-14-5-6-19-22(14)16-4-2-3-15(13-16)20-17(23)18-7-8-21-9-11-24-12-10-21/h2-6,13H,7-12H2,1H3,(H2,18,20,23). The van der Waals surface area contributed by atoms with Crippen molar-refractivity contribution in [1.29, 1.82) is 0 Å².